The first-order valence-corrected chi connectivity index (χ1v) is 11.8. The molecule has 1 aromatic carbocycles. The minimum Gasteiger partial charge on any atom is -0.497 e. The van der Waals surface area contributed by atoms with Gasteiger partial charge in [-0.25, -0.2) is 14.3 Å². The fraction of sp³-hybridized carbons (Fsp3) is 0.435. The number of rotatable bonds is 8. The lowest BCUT2D eigenvalue weighted by Gasteiger charge is -2.19. The van der Waals surface area contributed by atoms with Crippen LogP contribution in [0.5, 0.6) is 11.5 Å². The van der Waals surface area contributed by atoms with Crippen molar-refractivity contribution in [1.82, 2.24) is 19.4 Å². The van der Waals surface area contributed by atoms with Crippen molar-refractivity contribution in [3.63, 3.8) is 0 Å². The van der Waals surface area contributed by atoms with Crippen LogP contribution in [-0.4, -0.2) is 57.5 Å². The lowest BCUT2D eigenvalue weighted by molar-refractivity contribution is 0.208. The molecule has 0 bridgehead atoms. The van der Waals surface area contributed by atoms with Gasteiger partial charge in [-0.3, -0.25) is 9.19 Å². The minimum absolute atomic E-state index is 0.120. The summed E-state index contributed by atoms with van der Waals surface area (Å²) in [5.41, 5.74) is 3.53. The third-order valence-corrected chi connectivity index (χ3v) is 6.63. The number of carbonyl (C=O) groups is 1. The summed E-state index contributed by atoms with van der Waals surface area (Å²) >= 11 is 0. The van der Waals surface area contributed by atoms with Crippen molar-refractivity contribution in [2.75, 3.05) is 27.8 Å². The third-order valence-electron chi connectivity index (χ3n) is 5.42. The second kappa shape index (κ2) is 10.1. The van der Waals surface area contributed by atoms with Gasteiger partial charge >= 0.3 is 6.03 Å². The molecule has 2 aromatic heterocycles. The average Bonchev–Trinajstić information content (AvgIpc) is 3.17. The van der Waals surface area contributed by atoms with Gasteiger partial charge in [-0.2, -0.15) is 0 Å². The number of imidazole rings is 1. The number of ether oxygens (including phenoxy) is 2. The molecule has 0 radical (unpaired) electrons. The van der Waals surface area contributed by atoms with Gasteiger partial charge < -0.3 is 14.4 Å². The predicted molar refractivity (Wildman–Crippen MR) is 125 cm³/mol. The molecule has 172 valence electrons. The number of carbonyl (C=O) groups excluding carboxylic acids is 1. The van der Waals surface area contributed by atoms with Gasteiger partial charge in [0.05, 0.1) is 47.5 Å². The highest BCUT2D eigenvalue weighted by Gasteiger charge is 2.25. The fourth-order valence-electron chi connectivity index (χ4n) is 3.57. The standard InChI is InChI=1S/C23H30N4O4S/c1-7-8-11-26(4)23(28)27-20-10-9-17(30-5)12-18(20)25-22(27)32(29)14-19-16(3)21(31-6)15(2)13-24-19/h9-10,12-13H,7-8,11,14H2,1-6H3/t32-/m0/s1. The Bertz CT molecular complexity index is 1160. The number of methoxy groups -OCH3 is 2. The Kier molecular flexibility index (Phi) is 7.50. The van der Waals surface area contributed by atoms with Gasteiger partial charge in [0, 0.05) is 37.0 Å². The van der Waals surface area contributed by atoms with Crippen molar-refractivity contribution in [2.45, 2.75) is 44.5 Å². The van der Waals surface area contributed by atoms with Crippen LogP contribution in [0.25, 0.3) is 11.0 Å². The normalized spacial score (nSPS) is 12.1. The van der Waals surface area contributed by atoms with E-state index in [9.17, 15) is 9.00 Å². The second-order valence-corrected chi connectivity index (χ2v) is 9.02. The summed E-state index contributed by atoms with van der Waals surface area (Å²) in [7, 11) is 3.31. The molecule has 0 aliphatic rings. The van der Waals surface area contributed by atoms with E-state index >= 15 is 0 Å². The van der Waals surface area contributed by atoms with Crippen LogP contribution in [0.3, 0.4) is 0 Å². The number of pyridine rings is 1. The van der Waals surface area contributed by atoms with Crippen LogP contribution in [-0.2, 0) is 16.6 Å². The van der Waals surface area contributed by atoms with Crippen molar-refractivity contribution in [2.24, 2.45) is 0 Å². The second-order valence-electron chi connectivity index (χ2n) is 7.68. The molecule has 32 heavy (non-hydrogen) atoms. The van der Waals surface area contributed by atoms with E-state index in [-0.39, 0.29) is 16.9 Å². The maximum atomic E-state index is 13.5. The average molecular weight is 459 g/mol. The van der Waals surface area contributed by atoms with E-state index in [1.807, 2.05) is 13.8 Å². The summed E-state index contributed by atoms with van der Waals surface area (Å²) in [6.45, 7) is 6.48. The molecule has 0 N–H and O–H groups in total. The Morgan fingerprint density at radius 1 is 1.22 bits per heavy atom. The minimum atomic E-state index is -1.61. The molecular weight excluding hydrogens is 428 g/mol. The highest BCUT2D eigenvalue weighted by atomic mass is 32.2. The Balaban J connectivity index is 2.06. The molecule has 2 heterocycles. The molecule has 8 nitrogen and oxygen atoms in total. The summed E-state index contributed by atoms with van der Waals surface area (Å²) in [5.74, 6) is 1.46. The first kappa shape index (κ1) is 23.7. The number of hydrogen-bond acceptors (Lipinski definition) is 6. The van der Waals surface area contributed by atoms with Crippen LogP contribution in [0.4, 0.5) is 4.79 Å². The zero-order valence-electron chi connectivity index (χ0n) is 19.5. The highest BCUT2D eigenvalue weighted by Crippen LogP contribution is 2.28. The van der Waals surface area contributed by atoms with Crippen LogP contribution in [0.1, 0.15) is 36.6 Å². The molecule has 0 unspecified atom stereocenters. The van der Waals surface area contributed by atoms with Gasteiger partial charge in [0.25, 0.3) is 0 Å². The summed E-state index contributed by atoms with van der Waals surface area (Å²) in [4.78, 5) is 24.0. The number of nitrogens with zero attached hydrogens (tertiary/aromatic N) is 4. The molecule has 1 amide bonds. The van der Waals surface area contributed by atoms with Crippen molar-refractivity contribution in [1.29, 1.82) is 0 Å². The van der Waals surface area contributed by atoms with Crippen LogP contribution < -0.4 is 9.47 Å². The van der Waals surface area contributed by atoms with Crippen LogP contribution >= 0.6 is 0 Å². The first-order chi connectivity index (χ1) is 15.3. The zero-order chi connectivity index (χ0) is 23.4. The van der Waals surface area contributed by atoms with Gasteiger partial charge in [-0.05, 0) is 32.4 Å². The molecule has 3 rings (SSSR count). The smallest absolute Gasteiger partial charge is 0.330 e. The SMILES string of the molecule is CCCCN(C)C(=O)n1c([S@@](=O)Cc2ncc(C)c(OC)c2C)nc2cc(OC)ccc21. The molecule has 0 aliphatic carbocycles. The van der Waals surface area contributed by atoms with Crippen LogP contribution in [0, 0.1) is 13.8 Å². The quantitative estimate of drug-likeness (QED) is 0.506. The maximum Gasteiger partial charge on any atom is 0.330 e. The van der Waals surface area contributed by atoms with Gasteiger partial charge in [0.1, 0.15) is 11.5 Å². The summed E-state index contributed by atoms with van der Waals surface area (Å²) in [6.07, 6.45) is 3.56. The molecule has 0 spiro atoms. The topological polar surface area (TPSA) is 86.6 Å². The number of aromatic nitrogens is 3. The molecule has 0 saturated carbocycles. The molecular formula is C23H30N4O4S. The van der Waals surface area contributed by atoms with Crippen LogP contribution in [0.2, 0.25) is 0 Å². The van der Waals surface area contributed by atoms with Gasteiger partial charge in [0.2, 0.25) is 5.16 Å². The summed E-state index contributed by atoms with van der Waals surface area (Å²) < 4.78 is 25.7. The van der Waals surface area contributed by atoms with E-state index < -0.39 is 10.8 Å². The van der Waals surface area contributed by atoms with Gasteiger partial charge in [0.15, 0.2) is 0 Å². The maximum absolute atomic E-state index is 13.5. The molecule has 0 saturated heterocycles. The van der Waals surface area contributed by atoms with E-state index in [1.54, 1.807) is 50.6 Å². The predicted octanol–water partition coefficient (Wildman–Crippen LogP) is 4.07. The van der Waals surface area contributed by atoms with Gasteiger partial charge in [-0.1, -0.05) is 13.3 Å². The third kappa shape index (κ3) is 4.62. The van der Waals surface area contributed by atoms with Crippen LogP contribution in [0.15, 0.2) is 29.6 Å². The zero-order valence-corrected chi connectivity index (χ0v) is 20.3. The molecule has 0 fully saturated rings. The molecule has 3 aromatic rings. The monoisotopic (exact) mass is 458 g/mol. The molecule has 9 heteroatoms. The van der Waals surface area contributed by atoms with Crippen molar-refractivity contribution >= 4 is 27.9 Å². The van der Waals surface area contributed by atoms with E-state index in [0.717, 1.165) is 29.7 Å². The largest absolute Gasteiger partial charge is 0.497 e. The number of fused-ring (bicyclic) bond motifs is 1. The fourth-order valence-corrected chi connectivity index (χ4v) is 4.82. The lowest BCUT2D eigenvalue weighted by atomic mass is 10.1. The lowest BCUT2D eigenvalue weighted by Crippen LogP contribution is -2.33. The Hall–Kier alpha value is -2.94. The Morgan fingerprint density at radius 3 is 2.62 bits per heavy atom. The summed E-state index contributed by atoms with van der Waals surface area (Å²) in [5, 5.41) is 0.197. The Labute approximate surface area is 191 Å². The van der Waals surface area contributed by atoms with E-state index in [4.69, 9.17) is 9.47 Å². The van der Waals surface area contributed by atoms with Crippen molar-refractivity contribution in [3.8, 4) is 11.5 Å². The van der Waals surface area contributed by atoms with E-state index in [1.165, 1.54) is 4.57 Å². The number of amides is 1. The first-order valence-electron chi connectivity index (χ1n) is 10.5. The van der Waals surface area contributed by atoms with Crippen molar-refractivity contribution < 1.29 is 18.5 Å². The number of benzene rings is 1. The van der Waals surface area contributed by atoms with Gasteiger partial charge in [-0.15, -0.1) is 0 Å². The van der Waals surface area contributed by atoms with E-state index in [2.05, 4.69) is 16.9 Å². The highest BCUT2D eigenvalue weighted by molar-refractivity contribution is 7.84. The van der Waals surface area contributed by atoms with E-state index in [0.29, 0.717) is 29.0 Å². The summed E-state index contributed by atoms with van der Waals surface area (Å²) in [6, 6.07) is 5.01. The number of aryl methyl sites for hydroxylation is 1. The number of hydrogen-bond donors (Lipinski definition) is 0. The Morgan fingerprint density at radius 2 is 1.97 bits per heavy atom. The number of unbranched alkanes of at least 4 members (excludes halogenated alkanes) is 1. The molecule has 1 atom stereocenters. The molecule has 0 aliphatic heterocycles. The van der Waals surface area contributed by atoms with Crippen molar-refractivity contribution in [3.05, 3.63) is 41.2 Å².